The number of H-pyrrole nitrogens is 1. The smallest absolute Gasteiger partial charge is 0.406 e. The summed E-state index contributed by atoms with van der Waals surface area (Å²) >= 11 is 5.81. The molecule has 1 heterocycles. The number of hydrogen-bond donors (Lipinski definition) is 1. The van der Waals surface area contributed by atoms with E-state index >= 15 is 0 Å². The van der Waals surface area contributed by atoms with E-state index in [0.717, 1.165) is 5.56 Å². The topological polar surface area (TPSA) is 37.9 Å². The number of aromatic nitrogens is 2. The number of ether oxygens (including phenoxy) is 1. The maximum absolute atomic E-state index is 12.2. The molecule has 0 bridgehead atoms. The molecule has 0 saturated carbocycles. The quantitative estimate of drug-likeness (QED) is 0.739. The minimum absolute atomic E-state index is 0.290. The molecule has 0 fully saturated rings. The third-order valence-corrected chi connectivity index (χ3v) is 3.06. The minimum Gasteiger partial charge on any atom is -0.406 e. The van der Waals surface area contributed by atoms with E-state index in [9.17, 15) is 13.2 Å². The van der Waals surface area contributed by atoms with Gasteiger partial charge in [-0.15, -0.1) is 13.2 Å². The van der Waals surface area contributed by atoms with Crippen LogP contribution < -0.4 is 4.74 Å². The van der Waals surface area contributed by atoms with Crippen molar-refractivity contribution in [1.29, 1.82) is 0 Å². The van der Waals surface area contributed by atoms with Crippen LogP contribution in [0.2, 0.25) is 5.02 Å². The number of alkyl halides is 3. The number of imidazole rings is 1. The Balaban J connectivity index is 1.98. The van der Waals surface area contributed by atoms with Gasteiger partial charge in [-0.2, -0.15) is 0 Å². The Labute approximate surface area is 122 Å². The van der Waals surface area contributed by atoms with Crippen molar-refractivity contribution in [2.45, 2.75) is 6.36 Å². The summed E-state index contributed by atoms with van der Waals surface area (Å²) in [5.74, 6) is 0.257. The van der Waals surface area contributed by atoms with Gasteiger partial charge in [0, 0.05) is 16.7 Å². The Morgan fingerprint density at radius 1 is 1.05 bits per heavy atom. The number of benzene rings is 2. The van der Waals surface area contributed by atoms with Gasteiger partial charge in [-0.05, 0) is 36.4 Å². The van der Waals surface area contributed by atoms with Gasteiger partial charge in [0.2, 0.25) is 0 Å². The summed E-state index contributed by atoms with van der Waals surface area (Å²) < 4.78 is 40.4. The lowest BCUT2D eigenvalue weighted by atomic mass is 10.2. The number of halogens is 4. The molecule has 1 N–H and O–H groups in total. The van der Waals surface area contributed by atoms with Gasteiger partial charge in [-0.25, -0.2) is 4.98 Å². The first-order valence-electron chi connectivity index (χ1n) is 5.92. The van der Waals surface area contributed by atoms with Crippen LogP contribution in [0.5, 0.6) is 5.75 Å². The van der Waals surface area contributed by atoms with Crippen molar-refractivity contribution in [3.8, 4) is 17.1 Å². The highest BCUT2D eigenvalue weighted by Gasteiger charge is 2.31. The average Bonchev–Trinajstić information content (AvgIpc) is 2.80. The second-order valence-corrected chi connectivity index (χ2v) is 4.76. The SMILES string of the molecule is FC(F)(F)Oc1ccc2nc(-c3ccc(Cl)cc3)[nH]c2c1. The molecule has 0 aliphatic heterocycles. The van der Waals surface area contributed by atoms with Gasteiger partial charge >= 0.3 is 6.36 Å². The number of hydrogen-bond acceptors (Lipinski definition) is 2. The van der Waals surface area contributed by atoms with Gasteiger partial charge in [0.25, 0.3) is 0 Å². The summed E-state index contributed by atoms with van der Waals surface area (Å²) in [7, 11) is 0. The first-order chi connectivity index (χ1) is 9.90. The maximum Gasteiger partial charge on any atom is 0.573 e. The Bertz CT molecular complexity index is 781. The molecule has 0 amide bonds. The molecule has 0 spiro atoms. The molecule has 3 nitrogen and oxygen atoms in total. The fraction of sp³-hybridized carbons (Fsp3) is 0.0714. The van der Waals surface area contributed by atoms with Gasteiger partial charge in [0.1, 0.15) is 11.6 Å². The molecular formula is C14H8ClF3N2O. The number of aromatic amines is 1. The van der Waals surface area contributed by atoms with Crippen LogP contribution in [0.25, 0.3) is 22.4 Å². The molecule has 0 saturated heterocycles. The zero-order chi connectivity index (χ0) is 15.0. The molecule has 3 rings (SSSR count). The molecule has 21 heavy (non-hydrogen) atoms. The van der Waals surface area contributed by atoms with E-state index in [4.69, 9.17) is 11.6 Å². The summed E-state index contributed by atoms with van der Waals surface area (Å²) in [6.07, 6.45) is -4.72. The number of nitrogens with one attached hydrogen (secondary N) is 1. The Morgan fingerprint density at radius 2 is 1.76 bits per heavy atom. The van der Waals surface area contributed by atoms with Gasteiger partial charge in [0.05, 0.1) is 11.0 Å². The molecule has 2 aromatic carbocycles. The summed E-state index contributed by atoms with van der Waals surface area (Å²) in [4.78, 5) is 7.27. The van der Waals surface area contributed by atoms with E-state index in [1.54, 1.807) is 24.3 Å². The molecule has 1 aromatic heterocycles. The fourth-order valence-electron chi connectivity index (χ4n) is 1.93. The van der Waals surface area contributed by atoms with Crippen molar-refractivity contribution in [3.05, 3.63) is 47.5 Å². The standard InChI is InChI=1S/C14H8ClF3N2O/c15-9-3-1-8(2-4-9)13-19-11-6-5-10(7-12(11)20-13)21-14(16,17)18/h1-7H,(H,19,20). The average molecular weight is 313 g/mol. The number of rotatable bonds is 2. The normalized spacial score (nSPS) is 11.8. The van der Waals surface area contributed by atoms with Crippen LogP contribution in [0.1, 0.15) is 0 Å². The van der Waals surface area contributed by atoms with Crippen LogP contribution in [0.4, 0.5) is 13.2 Å². The van der Waals surface area contributed by atoms with Crippen molar-refractivity contribution < 1.29 is 17.9 Å². The second kappa shape index (κ2) is 4.96. The summed E-state index contributed by atoms with van der Waals surface area (Å²) in [6.45, 7) is 0. The number of nitrogens with zero attached hydrogens (tertiary/aromatic N) is 1. The molecule has 0 radical (unpaired) electrons. The Kier molecular flexibility index (Phi) is 3.25. The highest BCUT2D eigenvalue weighted by Crippen LogP contribution is 2.27. The van der Waals surface area contributed by atoms with Crippen LogP contribution in [0, 0.1) is 0 Å². The van der Waals surface area contributed by atoms with Gasteiger partial charge in [-0.3, -0.25) is 0 Å². The summed E-state index contributed by atoms with van der Waals surface area (Å²) in [6, 6.07) is 10.9. The van der Waals surface area contributed by atoms with Gasteiger partial charge < -0.3 is 9.72 Å². The minimum atomic E-state index is -4.72. The molecule has 0 unspecified atom stereocenters. The molecule has 0 aliphatic carbocycles. The van der Waals surface area contributed by atoms with Crippen LogP contribution in [0.15, 0.2) is 42.5 Å². The first-order valence-corrected chi connectivity index (χ1v) is 6.30. The monoisotopic (exact) mass is 312 g/mol. The van der Waals surface area contributed by atoms with E-state index in [0.29, 0.717) is 21.9 Å². The van der Waals surface area contributed by atoms with Crippen molar-refractivity contribution in [2.24, 2.45) is 0 Å². The zero-order valence-electron chi connectivity index (χ0n) is 10.4. The highest BCUT2D eigenvalue weighted by molar-refractivity contribution is 6.30. The van der Waals surface area contributed by atoms with E-state index in [2.05, 4.69) is 14.7 Å². The van der Waals surface area contributed by atoms with Crippen molar-refractivity contribution >= 4 is 22.6 Å². The lowest BCUT2D eigenvalue weighted by Gasteiger charge is -2.07. The fourth-order valence-corrected chi connectivity index (χ4v) is 2.06. The second-order valence-electron chi connectivity index (χ2n) is 4.32. The Hall–Kier alpha value is -2.21. The molecule has 3 aromatic rings. The maximum atomic E-state index is 12.2. The lowest BCUT2D eigenvalue weighted by molar-refractivity contribution is -0.274. The van der Waals surface area contributed by atoms with Gasteiger partial charge in [-0.1, -0.05) is 11.6 Å². The van der Waals surface area contributed by atoms with E-state index in [-0.39, 0.29) is 5.75 Å². The molecule has 7 heteroatoms. The van der Waals surface area contributed by atoms with E-state index in [1.165, 1.54) is 18.2 Å². The van der Waals surface area contributed by atoms with Crippen LogP contribution >= 0.6 is 11.6 Å². The first kappa shape index (κ1) is 13.8. The number of fused-ring (bicyclic) bond motifs is 1. The predicted molar refractivity (Wildman–Crippen MR) is 73.2 cm³/mol. The summed E-state index contributed by atoms with van der Waals surface area (Å²) in [5, 5.41) is 0.593. The molecule has 108 valence electrons. The Morgan fingerprint density at radius 3 is 2.43 bits per heavy atom. The van der Waals surface area contributed by atoms with Crippen molar-refractivity contribution in [3.63, 3.8) is 0 Å². The third kappa shape index (κ3) is 3.11. The zero-order valence-corrected chi connectivity index (χ0v) is 11.2. The van der Waals surface area contributed by atoms with Crippen molar-refractivity contribution in [1.82, 2.24) is 9.97 Å². The van der Waals surface area contributed by atoms with Crippen molar-refractivity contribution in [2.75, 3.05) is 0 Å². The van der Waals surface area contributed by atoms with Crippen LogP contribution in [0.3, 0.4) is 0 Å². The van der Waals surface area contributed by atoms with E-state index < -0.39 is 6.36 Å². The predicted octanol–water partition coefficient (Wildman–Crippen LogP) is 4.78. The lowest BCUT2D eigenvalue weighted by Crippen LogP contribution is -2.16. The third-order valence-electron chi connectivity index (χ3n) is 2.80. The molecular weight excluding hydrogens is 305 g/mol. The molecule has 0 atom stereocenters. The van der Waals surface area contributed by atoms with Crippen LogP contribution in [-0.4, -0.2) is 16.3 Å². The van der Waals surface area contributed by atoms with E-state index in [1.807, 2.05) is 0 Å². The van der Waals surface area contributed by atoms with Gasteiger partial charge in [0.15, 0.2) is 0 Å². The summed E-state index contributed by atoms with van der Waals surface area (Å²) in [5.41, 5.74) is 1.80. The molecule has 0 aliphatic rings. The van der Waals surface area contributed by atoms with Crippen LogP contribution in [-0.2, 0) is 0 Å². The largest absolute Gasteiger partial charge is 0.573 e. The highest BCUT2D eigenvalue weighted by atomic mass is 35.5.